The fourth-order valence-electron chi connectivity index (χ4n) is 2.76. The summed E-state index contributed by atoms with van der Waals surface area (Å²) in [6.07, 6.45) is 2.53. The summed E-state index contributed by atoms with van der Waals surface area (Å²) in [4.78, 5) is 7.05. The first-order valence-corrected chi connectivity index (χ1v) is 6.40. The second kappa shape index (κ2) is 5.05. The van der Waals surface area contributed by atoms with E-state index in [1.54, 1.807) is 7.11 Å². The van der Waals surface area contributed by atoms with Crippen molar-refractivity contribution in [2.45, 2.75) is 45.7 Å². The van der Waals surface area contributed by atoms with E-state index in [9.17, 15) is 0 Å². The maximum absolute atomic E-state index is 5.16. The van der Waals surface area contributed by atoms with Crippen LogP contribution in [0.2, 0.25) is 0 Å². The highest BCUT2D eigenvalue weighted by Crippen LogP contribution is 2.35. The van der Waals surface area contributed by atoms with Crippen LogP contribution in [0.25, 0.3) is 0 Å². The molecule has 0 saturated carbocycles. The SMILES string of the molecule is COc1ccc([C@@H]2CCCN2C(C)C)c(C)n1. The van der Waals surface area contributed by atoms with Crippen molar-refractivity contribution in [2.75, 3.05) is 13.7 Å². The van der Waals surface area contributed by atoms with E-state index in [0.29, 0.717) is 18.0 Å². The second-order valence-electron chi connectivity index (χ2n) is 5.02. The van der Waals surface area contributed by atoms with Crippen LogP contribution in [0.1, 0.15) is 44.0 Å². The van der Waals surface area contributed by atoms with Gasteiger partial charge < -0.3 is 4.74 Å². The Balaban J connectivity index is 2.27. The standard InChI is InChI=1S/C14H22N2O/c1-10(2)16-9-5-6-13(16)12-7-8-14(17-4)15-11(12)3/h7-8,10,13H,5-6,9H2,1-4H3/t13-/m0/s1. The van der Waals surface area contributed by atoms with Crippen LogP contribution in [0.15, 0.2) is 12.1 Å². The van der Waals surface area contributed by atoms with Gasteiger partial charge in [0.1, 0.15) is 0 Å². The van der Waals surface area contributed by atoms with Gasteiger partial charge in [0, 0.05) is 23.8 Å². The molecule has 0 aromatic carbocycles. The zero-order chi connectivity index (χ0) is 12.4. The minimum Gasteiger partial charge on any atom is -0.481 e. The Kier molecular flexibility index (Phi) is 3.67. The van der Waals surface area contributed by atoms with E-state index in [1.165, 1.54) is 24.9 Å². The summed E-state index contributed by atoms with van der Waals surface area (Å²) in [5, 5.41) is 0. The summed E-state index contributed by atoms with van der Waals surface area (Å²) >= 11 is 0. The summed E-state index contributed by atoms with van der Waals surface area (Å²) in [7, 11) is 1.66. The van der Waals surface area contributed by atoms with Gasteiger partial charge in [0.15, 0.2) is 0 Å². The molecule has 1 saturated heterocycles. The molecule has 3 nitrogen and oxygen atoms in total. The van der Waals surface area contributed by atoms with Crippen LogP contribution in [0, 0.1) is 6.92 Å². The number of methoxy groups -OCH3 is 1. The van der Waals surface area contributed by atoms with Gasteiger partial charge in [0.05, 0.1) is 7.11 Å². The number of nitrogens with zero attached hydrogens (tertiary/aromatic N) is 2. The molecule has 1 fully saturated rings. The Hall–Kier alpha value is -1.09. The highest BCUT2D eigenvalue weighted by atomic mass is 16.5. The van der Waals surface area contributed by atoms with Gasteiger partial charge in [-0.1, -0.05) is 6.07 Å². The maximum Gasteiger partial charge on any atom is 0.213 e. The summed E-state index contributed by atoms with van der Waals surface area (Å²) in [6, 6.07) is 5.28. The van der Waals surface area contributed by atoms with E-state index >= 15 is 0 Å². The predicted octanol–water partition coefficient (Wildman–Crippen LogP) is 2.94. The van der Waals surface area contributed by atoms with Gasteiger partial charge in [-0.15, -0.1) is 0 Å². The normalized spacial score (nSPS) is 21.1. The summed E-state index contributed by atoms with van der Waals surface area (Å²) in [6.45, 7) is 7.82. The fourth-order valence-corrected chi connectivity index (χ4v) is 2.76. The lowest BCUT2D eigenvalue weighted by Crippen LogP contribution is -2.30. The third-order valence-corrected chi connectivity index (χ3v) is 3.63. The molecule has 17 heavy (non-hydrogen) atoms. The average Bonchev–Trinajstić information content (AvgIpc) is 2.77. The highest BCUT2D eigenvalue weighted by Gasteiger charge is 2.29. The van der Waals surface area contributed by atoms with Crippen LogP contribution in [-0.4, -0.2) is 29.6 Å². The molecule has 1 atom stereocenters. The van der Waals surface area contributed by atoms with Gasteiger partial charge in [-0.05, 0) is 45.7 Å². The molecule has 94 valence electrons. The Bertz CT molecular complexity index is 390. The van der Waals surface area contributed by atoms with Gasteiger partial charge in [-0.2, -0.15) is 0 Å². The van der Waals surface area contributed by atoms with E-state index in [0.717, 1.165) is 5.69 Å². The molecule has 0 N–H and O–H groups in total. The minimum absolute atomic E-state index is 0.536. The zero-order valence-electron chi connectivity index (χ0n) is 11.2. The highest BCUT2D eigenvalue weighted by molar-refractivity contribution is 5.28. The molecule has 0 spiro atoms. The van der Waals surface area contributed by atoms with Crippen molar-refractivity contribution in [1.29, 1.82) is 0 Å². The molecule has 2 rings (SSSR count). The van der Waals surface area contributed by atoms with E-state index in [2.05, 4.69) is 36.7 Å². The third-order valence-electron chi connectivity index (χ3n) is 3.63. The number of aromatic nitrogens is 1. The van der Waals surface area contributed by atoms with Gasteiger partial charge in [0.2, 0.25) is 5.88 Å². The van der Waals surface area contributed by atoms with Crippen molar-refractivity contribution >= 4 is 0 Å². The Morgan fingerprint density at radius 2 is 2.18 bits per heavy atom. The first-order chi connectivity index (χ1) is 8.13. The zero-order valence-corrected chi connectivity index (χ0v) is 11.2. The van der Waals surface area contributed by atoms with E-state index in [4.69, 9.17) is 4.74 Å². The van der Waals surface area contributed by atoms with Crippen molar-refractivity contribution in [3.05, 3.63) is 23.4 Å². The maximum atomic E-state index is 5.16. The molecule has 0 radical (unpaired) electrons. The van der Waals surface area contributed by atoms with Crippen LogP contribution >= 0.6 is 0 Å². The third kappa shape index (κ3) is 2.44. The molecule has 0 aliphatic carbocycles. The van der Waals surface area contributed by atoms with E-state index in [1.807, 2.05) is 6.07 Å². The molecule has 1 aliphatic rings. The number of likely N-dealkylation sites (tertiary alicyclic amines) is 1. The molecular formula is C14H22N2O. The van der Waals surface area contributed by atoms with Crippen molar-refractivity contribution in [3.8, 4) is 5.88 Å². The van der Waals surface area contributed by atoms with Gasteiger partial charge in [0.25, 0.3) is 0 Å². The lowest BCUT2D eigenvalue weighted by atomic mass is 10.0. The van der Waals surface area contributed by atoms with Crippen LogP contribution < -0.4 is 4.74 Å². The van der Waals surface area contributed by atoms with E-state index in [-0.39, 0.29) is 0 Å². The minimum atomic E-state index is 0.536. The summed E-state index contributed by atoms with van der Waals surface area (Å²) < 4.78 is 5.16. The Morgan fingerprint density at radius 3 is 2.76 bits per heavy atom. The summed E-state index contributed by atoms with van der Waals surface area (Å²) in [5.41, 5.74) is 2.46. The first-order valence-electron chi connectivity index (χ1n) is 6.40. The Labute approximate surface area is 104 Å². The lowest BCUT2D eigenvalue weighted by molar-refractivity contribution is 0.204. The van der Waals surface area contributed by atoms with Gasteiger partial charge in [-0.25, -0.2) is 4.98 Å². The molecule has 1 aromatic rings. The topological polar surface area (TPSA) is 25.4 Å². The fraction of sp³-hybridized carbons (Fsp3) is 0.643. The van der Waals surface area contributed by atoms with Crippen molar-refractivity contribution in [1.82, 2.24) is 9.88 Å². The summed E-state index contributed by atoms with van der Waals surface area (Å²) in [5.74, 6) is 0.709. The predicted molar refractivity (Wildman–Crippen MR) is 69.3 cm³/mol. The van der Waals surface area contributed by atoms with Gasteiger partial charge >= 0.3 is 0 Å². The molecule has 2 heterocycles. The largest absolute Gasteiger partial charge is 0.481 e. The van der Waals surface area contributed by atoms with Crippen LogP contribution in [0.4, 0.5) is 0 Å². The van der Waals surface area contributed by atoms with Crippen LogP contribution in [0.5, 0.6) is 5.88 Å². The molecule has 1 aliphatic heterocycles. The molecule has 0 unspecified atom stereocenters. The van der Waals surface area contributed by atoms with Crippen LogP contribution in [-0.2, 0) is 0 Å². The molecular weight excluding hydrogens is 212 g/mol. The lowest BCUT2D eigenvalue weighted by Gasteiger charge is -2.29. The molecule has 3 heteroatoms. The quantitative estimate of drug-likeness (QED) is 0.804. The molecule has 0 amide bonds. The second-order valence-corrected chi connectivity index (χ2v) is 5.02. The van der Waals surface area contributed by atoms with Crippen molar-refractivity contribution < 1.29 is 4.74 Å². The smallest absolute Gasteiger partial charge is 0.213 e. The number of ether oxygens (including phenoxy) is 1. The average molecular weight is 234 g/mol. The van der Waals surface area contributed by atoms with Crippen molar-refractivity contribution in [2.24, 2.45) is 0 Å². The van der Waals surface area contributed by atoms with Crippen LogP contribution in [0.3, 0.4) is 0 Å². The monoisotopic (exact) mass is 234 g/mol. The number of pyridine rings is 1. The van der Waals surface area contributed by atoms with Crippen molar-refractivity contribution in [3.63, 3.8) is 0 Å². The molecule has 1 aromatic heterocycles. The first kappa shape index (κ1) is 12.4. The number of aryl methyl sites for hydroxylation is 1. The van der Waals surface area contributed by atoms with E-state index < -0.39 is 0 Å². The van der Waals surface area contributed by atoms with Gasteiger partial charge in [-0.3, -0.25) is 4.90 Å². The molecule has 0 bridgehead atoms. The Morgan fingerprint density at radius 1 is 1.41 bits per heavy atom. The number of hydrogen-bond acceptors (Lipinski definition) is 3. The number of rotatable bonds is 3. The number of hydrogen-bond donors (Lipinski definition) is 0.